The van der Waals surface area contributed by atoms with Gasteiger partial charge >= 0.3 is 5.91 Å². The Morgan fingerprint density at radius 2 is 1.85 bits per heavy atom. The highest BCUT2D eigenvalue weighted by Gasteiger charge is 2.13. The van der Waals surface area contributed by atoms with Gasteiger partial charge in [0.2, 0.25) is 0 Å². The molecule has 0 atom stereocenters. The quantitative estimate of drug-likeness (QED) is 0.550. The molecule has 2 aromatic carbocycles. The van der Waals surface area contributed by atoms with Crippen LogP contribution in [-0.4, -0.2) is 20.8 Å². The Morgan fingerprint density at radius 3 is 2.50 bits per heavy atom. The number of carbonyl (C=O) groups excluding carboxylic acids is 1. The summed E-state index contributed by atoms with van der Waals surface area (Å²) in [6.45, 7) is 1.68. The lowest BCUT2D eigenvalue weighted by Gasteiger charge is -1.99. The summed E-state index contributed by atoms with van der Waals surface area (Å²) in [5.41, 5.74) is 0.883. The minimum atomic E-state index is -1.08. The maximum atomic E-state index is 12.5. The van der Waals surface area contributed by atoms with Gasteiger partial charge in [-0.15, -0.1) is 10.0 Å². The van der Waals surface area contributed by atoms with Gasteiger partial charge in [0.25, 0.3) is 5.56 Å². The van der Waals surface area contributed by atoms with E-state index in [1.54, 1.807) is 31.2 Å². The smallest absolute Gasteiger partial charge is 0.320 e. The van der Waals surface area contributed by atoms with Gasteiger partial charge in [-0.3, -0.25) is 14.7 Å². The first kappa shape index (κ1) is 17.0. The van der Waals surface area contributed by atoms with Gasteiger partial charge in [0, 0.05) is 11.2 Å². The summed E-state index contributed by atoms with van der Waals surface area (Å²) in [4.78, 5) is 34.0. The van der Waals surface area contributed by atoms with Crippen LogP contribution in [0.4, 0.5) is 11.4 Å². The van der Waals surface area contributed by atoms with Crippen LogP contribution in [0.25, 0.3) is 5.69 Å². The predicted molar refractivity (Wildman–Crippen MR) is 93.5 cm³/mol. The van der Waals surface area contributed by atoms with Crippen LogP contribution in [0.2, 0.25) is 0 Å². The SMILES string of the molecule is Cc1[nH]n(-c2ccccc2)c(=O)c1N=Nc1ccc(C(=O)N=O)c(O)c1. The zero-order valence-electron chi connectivity index (χ0n) is 13.6. The van der Waals surface area contributed by atoms with Gasteiger partial charge < -0.3 is 5.11 Å². The molecule has 2 N–H and O–H groups in total. The van der Waals surface area contributed by atoms with Crippen LogP contribution in [0.3, 0.4) is 0 Å². The fourth-order valence-electron chi connectivity index (χ4n) is 2.33. The zero-order valence-corrected chi connectivity index (χ0v) is 13.6. The number of carbonyl (C=O) groups is 1. The number of phenolic OH excluding ortho intramolecular Hbond substituents is 1. The second-order valence-electron chi connectivity index (χ2n) is 5.36. The van der Waals surface area contributed by atoms with Gasteiger partial charge in [-0.05, 0) is 31.2 Å². The molecule has 9 nitrogen and oxygen atoms in total. The molecule has 130 valence electrons. The van der Waals surface area contributed by atoms with Gasteiger partial charge in [-0.1, -0.05) is 18.2 Å². The summed E-state index contributed by atoms with van der Waals surface area (Å²) in [6.07, 6.45) is 0. The number of aromatic hydroxyl groups is 1. The van der Waals surface area contributed by atoms with Crippen LogP contribution in [0.15, 0.2) is 68.7 Å². The third-order valence-corrected chi connectivity index (χ3v) is 3.61. The van der Waals surface area contributed by atoms with Gasteiger partial charge in [0.1, 0.15) is 5.75 Å². The first-order chi connectivity index (χ1) is 12.5. The number of azo groups is 1. The molecule has 0 saturated carbocycles. The van der Waals surface area contributed by atoms with Gasteiger partial charge in [-0.2, -0.15) is 5.11 Å². The normalized spacial score (nSPS) is 11.0. The van der Waals surface area contributed by atoms with E-state index in [4.69, 9.17) is 0 Å². The number of aryl methyl sites for hydroxylation is 1. The van der Waals surface area contributed by atoms with Crippen molar-refractivity contribution in [2.24, 2.45) is 15.4 Å². The maximum Gasteiger partial charge on any atom is 0.320 e. The number of aromatic nitrogens is 2. The third-order valence-electron chi connectivity index (χ3n) is 3.61. The van der Waals surface area contributed by atoms with E-state index in [9.17, 15) is 19.6 Å². The zero-order chi connectivity index (χ0) is 18.7. The van der Waals surface area contributed by atoms with E-state index in [0.717, 1.165) is 6.07 Å². The lowest BCUT2D eigenvalue weighted by atomic mass is 10.2. The van der Waals surface area contributed by atoms with Crippen LogP contribution in [0, 0.1) is 11.8 Å². The van der Waals surface area contributed by atoms with E-state index in [-0.39, 0.29) is 22.5 Å². The van der Waals surface area contributed by atoms with Crippen molar-refractivity contribution in [1.82, 2.24) is 9.78 Å². The molecule has 0 radical (unpaired) electrons. The summed E-state index contributed by atoms with van der Waals surface area (Å²) in [5, 5.41) is 22.8. The third kappa shape index (κ3) is 3.18. The van der Waals surface area contributed by atoms with E-state index in [1.165, 1.54) is 16.8 Å². The molecule has 9 heteroatoms. The molecule has 0 bridgehead atoms. The number of aromatic amines is 1. The van der Waals surface area contributed by atoms with Gasteiger partial charge in [-0.25, -0.2) is 4.68 Å². The first-order valence-corrected chi connectivity index (χ1v) is 7.50. The number of H-pyrrole nitrogens is 1. The molecule has 0 saturated heterocycles. The predicted octanol–water partition coefficient (Wildman–Crippen LogP) is 3.50. The van der Waals surface area contributed by atoms with Gasteiger partial charge in [0.15, 0.2) is 5.69 Å². The number of hydrogen-bond acceptors (Lipinski definition) is 6. The largest absolute Gasteiger partial charge is 0.507 e. The fourth-order valence-corrected chi connectivity index (χ4v) is 2.33. The number of phenols is 1. The molecular formula is C17H13N5O4. The monoisotopic (exact) mass is 351 g/mol. The van der Waals surface area contributed by atoms with Crippen LogP contribution in [0.5, 0.6) is 5.75 Å². The lowest BCUT2D eigenvalue weighted by Crippen LogP contribution is -2.13. The standard InChI is InChI=1S/C17H13N5O4/c1-10-15(17(25)22(20-10)12-5-3-2-4-6-12)19-18-11-7-8-13(14(23)9-11)16(24)21-26/h2-9,20,23H,1H3. The van der Waals surface area contributed by atoms with E-state index >= 15 is 0 Å². The Morgan fingerprint density at radius 1 is 1.12 bits per heavy atom. The molecule has 1 heterocycles. The van der Waals surface area contributed by atoms with Crippen molar-refractivity contribution >= 4 is 17.3 Å². The molecule has 0 aliphatic carbocycles. The maximum absolute atomic E-state index is 12.5. The second-order valence-corrected chi connectivity index (χ2v) is 5.36. The number of rotatable bonds is 4. The highest BCUT2D eigenvalue weighted by molar-refractivity contribution is 5.97. The molecule has 3 aromatic rings. The average Bonchev–Trinajstić information content (AvgIpc) is 2.94. The highest BCUT2D eigenvalue weighted by Crippen LogP contribution is 2.26. The number of nitrogens with one attached hydrogen (secondary N) is 1. The summed E-state index contributed by atoms with van der Waals surface area (Å²) in [5.74, 6) is -1.53. The van der Waals surface area contributed by atoms with E-state index in [2.05, 4.69) is 20.5 Å². The highest BCUT2D eigenvalue weighted by atomic mass is 16.3. The molecule has 0 fully saturated rings. The van der Waals surface area contributed by atoms with Gasteiger partial charge in [0.05, 0.1) is 22.6 Å². The number of para-hydroxylation sites is 1. The molecular weight excluding hydrogens is 338 g/mol. The number of hydrogen-bond donors (Lipinski definition) is 2. The van der Waals surface area contributed by atoms with Crippen LogP contribution >= 0.6 is 0 Å². The molecule has 0 unspecified atom stereocenters. The number of benzene rings is 2. The first-order valence-electron chi connectivity index (χ1n) is 7.50. The van der Waals surface area contributed by atoms with Crippen LogP contribution < -0.4 is 5.56 Å². The molecule has 3 rings (SSSR count). The molecule has 1 amide bonds. The average molecular weight is 351 g/mol. The van der Waals surface area contributed by atoms with E-state index in [1.807, 2.05) is 6.07 Å². The van der Waals surface area contributed by atoms with Crippen molar-refractivity contribution in [1.29, 1.82) is 0 Å². The fraction of sp³-hybridized carbons (Fsp3) is 0.0588. The minimum Gasteiger partial charge on any atom is -0.507 e. The molecule has 1 aromatic heterocycles. The van der Waals surface area contributed by atoms with Crippen LogP contribution in [-0.2, 0) is 0 Å². The molecule has 0 aliphatic heterocycles. The number of amides is 1. The van der Waals surface area contributed by atoms with Crippen molar-refractivity contribution in [3.05, 3.63) is 75.0 Å². The Hall–Kier alpha value is -3.88. The minimum absolute atomic E-state index is 0.114. The summed E-state index contributed by atoms with van der Waals surface area (Å²) >= 11 is 0. The topological polar surface area (TPSA) is 129 Å². The Bertz CT molecular complexity index is 1070. The Balaban J connectivity index is 1.94. The van der Waals surface area contributed by atoms with Crippen molar-refractivity contribution in [3.63, 3.8) is 0 Å². The van der Waals surface area contributed by atoms with E-state index in [0.29, 0.717) is 11.4 Å². The van der Waals surface area contributed by atoms with Crippen molar-refractivity contribution in [2.45, 2.75) is 6.92 Å². The molecule has 0 aliphatic rings. The number of nitroso groups, excluding NO2 is 1. The number of nitrogens with zero attached hydrogens (tertiary/aromatic N) is 4. The van der Waals surface area contributed by atoms with Crippen molar-refractivity contribution in [3.8, 4) is 11.4 Å². The van der Waals surface area contributed by atoms with Crippen molar-refractivity contribution in [2.75, 3.05) is 0 Å². The summed E-state index contributed by atoms with van der Waals surface area (Å²) < 4.78 is 1.35. The second kappa shape index (κ2) is 6.93. The molecule has 0 spiro atoms. The summed E-state index contributed by atoms with van der Waals surface area (Å²) in [7, 11) is 0. The Labute approximate surface area is 146 Å². The Kier molecular flexibility index (Phi) is 4.52. The van der Waals surface area contributed by atoms with Crippen molar-refractivity contribution < 1.29 is 9.90 Å². The summed E-state index contributed by atoms with van der Waals surface area (Å²) in [6, 6.07) is 12.7. The van der Waals surface area contributed by atoms with E-state index < -0.39 is 11.7 Å². The lowest BCUT2D eigenvalue weighted by molar-refractivity contribution is 0.0998. The van der Waals surface area contributed by atoms with Crippen LogP contribution in [0.1, 0.15) is 16.1 Å². The molecule has 26 heavy (non-hydrogen) atoms.